The lowest BCUT2D eigenvalue weighted by molar-refractivity contribution is -0.149. The van der Waals surface area contributed by atoms with E-state index < -0.39 is 29.9 Å². The molecule has 0 aromatic heterocycles. The van der Waals surface area contributed by atoms with E-state index in [4.69, 9.17) is 9.94 Å². The van der Waals surface area contributed by atoms with Crippen LogP contribution < -0.4 is 10.8 Å². The highest BCUT2D eigenvalue weighted by molar-refractivity contribution is 5.97. The second-order valence-corrected chi connectivity index (χ2v) is 6.93. The molecule has 1 saturated heterocycles. The molecule has 0 aliphatic carbocycles. The zero-order valence-electron chi connectivity index (χ0n) is 16.8. The van der Waals surface area contributed by atoms with Crippen LogP contribution in [0, 0.1) is 23.7 Å². The van der Waals surface area contributed by atoms with Crippen molar-refractivity contribution in [3.8, 4) is 23.7 Å². The predicted octanol–water partition coefficient (Wildman–Crippen LogP) is -0.00640. The van der Waals surface area contributed by atoms with Gasteiger partial charge in [-0.2, -0.15) is 0 Å². The molecule has 8 nitrogen and oxygen atoms in total. The molecule has 2 atom stereocenters. The summed E-state index contributed by atoms with van der Waals surface area (Å²) in [5.41, 5.74) is -1.12. The molecule has 1 aromatic carbocycles. The van der Waals surface area contributed by atoms with Gasteiger partial charge in [0.1, 0.15) is 6.04 Å². The number of hydrogen-bond acceptors (Lipinski definition) is 6. The average molecular weight is 435 g/mol. The Morgan fingerprint density at radius 2 is 1.87 bits per heavy atom. The standard InChI is InChI=1S/C21H23F2N3O5/c1-21(29,20(22)23)17(19(28)25-30)24-18(27)16-8-6-15(7-9-16)5-3-2-4-10-26-11-13-31-14-12-26/h6-9,17,20,29-30H,10-14H2,1H3,(H,24,27)(H,25,28). The Labute approximate surface area is 178 Å². The molecule has 2 unspecified atom stereocenters. The van der Waals surface area contributed by atoms with E-state index >= 15 is 0 Å². The molecular formula is C21H23F2N3O5. The van der Waals surface area contributed by atoms with E-state index in [0.717, 1.165) is 18.6 Å². The number of alkyl halides is 2. The summed E-state index contributed by atoms with van der Waals surface area (Å²) in [6.45, 7) is 4.33. The van der Waals surface area contributed by atoms with Crippen LogP contribution in [0.15, 0.2) is 24.3 Å². The average Bonchev–Trinajstić information content (AvgIpc) is 2.77. The minimum absolute atomic E-state index is 0.0461. The monoisotopic (exact) mass is 435 g/mol. The van der Waals surface area contributed by atoms with Gasteiger partial charge in [0.15, 0.2) is 5.60 Å². The summed E-state index contributed by atoms with van der Waals surface area (Å²) in [7, 11) is 0. The molecule has 31 heavy (non-hydrogen) atoms. The van der Waals surface area contributed by atoms with Crippen LogP contribution in [0.5, 0.6) is 0 Å². The number of benzene rings is 1. The van der Waals surface area contributed by atoms with Gasteiger partial charge in [0, 0.05) is 24.2 Å². The van der Waals surface area contributed by atoms with Crippen LogP contribution in [0.4, 0.5) is 8.78 Å². The van der Waals surface area contributed by atoms with E-state index in [1.807, 2.05) is 5.32 Å². The third-order valence-electron chi connectivity index (χ3n) is 4.59. The second kappa shape index (κ2) is 11.4. The maximum atomic E-state index is 13.0. The molecule has 1 aromatic rings. The lowest BCUT2D eigenvalue weighted by Gasteiger charge is -2.30. The molecule has 166 valence electrons. The minimum atomic E-state index is -3.35. The fourth-order valence-corrected chi connectivity index (χ4v) is 2.65. The first-order valence-electron chi connectivity index (χ1n) is 9.40. The van der Waals surface area contributed by atoms with Crippen molar-refractivity contribution in [2.75, 3.05) is 32.8 Å². The summed E-state index contributed by atoms with van der Waals surface area (Å²) in [5, 5.41) is 20.6. The second-order valence-electron chi connectivity index (χ2n) is 6.93. The van der Waals surface area contributed by atoms with Gasteiger partial charge < -0.3 is 15.2 Å². The van der Waals surface area contributed by atoms with E-state index in [1.165, 1.54) is 24.3 Å². The van der Waals surface area contributed by atoms with Crippen molar-refractivity contribution >= 4 is 11.8 Å². The number of aliphatic hydroxyl groups is 1. The molecule has 10 heteroatoms. The molecule has 0 bridgehead atoms. The number of morpholine rings is 1. The highest BCUT2D eigenvalue weighted by atomic mass is 19.3. The molecule has 1 heterocycles. The molecular weight excluding hydrogens is 412 g/mol. The Morgan fingerprint density at radius 1 is 1.23 bits per heavy atom. The minimum Gasteiger partial charge on any atom is -0.381 e. The summed E-state index contributed by atoms with van der Waals surface area (Å²) in [4.78, 5) is 26.1. The summed E-state index contributed by atoms with van der Waals surface area (Å²) in [5.74, 6) is 8.97. The summed E-state index contributed by atoms with van der Waals surface area (Å²) in [6, 6.07) is 3.73. The maximum absolute atomic E-state index is 13.0. The zero-order valence-corrected chi connectivity index (χ0v) is 16.8. The van der Waals surface area contributed by atoms with Gasteiger partial charge in [-0.05, 0) is 43.0 Å². The third-order valence-corrected chi connectivity index (χ3v) is 4.59. The van der Waals surface area contributed by atoms with Gasteiger partial charge in [-0.15, -0.1) is 0 Å². The Kier molecular flexibility index (Phi) is 8.91. The number of hydroxylamine groups is 1. The topological polar surface area (TPSA) is 111 Å². The predicted molar refractivity (Wildman–Crippen MR) is 106 cm³/mol. The summed E-state index contributed by atoms with van der Waals surface area (Å²) in [6.07, 6.45) is -3.35. The number of amides is 2. The van der Waals surface area contributed by atoms with E-state index in [-0.39, 0.29) is 5.56 Å². The fourth-order valence-electron chi connectivity index (χ4n) is 2.65. The van der Waals surface area contributed by atoms with Crippen molar-refractivity contribution < 1.29 is 33.4 Å². The first kappa shape index (κ1) is 24.3. The molecule has 1 aliphatic rings. The number of halogens is 2. The van der Waals surface area contributed by atoms with Crippen LogP contribution in [0.2, 0.25) is 0 Å². The number of rotatable bonds is 6. The van der Waals surface area contributed by atoms with Gasteiger partial charge in [-0.1, -0.05) is 11.8 Å². The van der Waals surface area contributed by atoms with Crippen molar-refractivity contribution in [1.82, 2.24) is 15.7 Å². The van der Waals surface area contributed by atoms with E-state index in [1.54, 1.807) is 0 Å². The van der Waals surface area contributed by atoms with Gasteiger partial charge in [0.2, 0.25) is 0 Å². The molecule has 1 aliphatic heterocycles. The van der Waals surface area contributed by atoms with Gasteiger partial charge >= 0.3 is 0 Å². The van der Waals surface area contributed by atoms with Gasteiger partial charge in [0.05, 0.1) is 19.8 Å². The Balaban J connectivity index is 1.99. The van der Waals surface area contributed by atoms with Crippen molar-refractivity contribution in [2.45, 2.75) is 25.0 Å². The first-order chi connectivity index (χ1) is 14.8. The molecule has 0 spiro atoms. The highest BCUT2D eigenvalue weighted by Gasteiger charge is 2.46. The Morgan fingerprint density at radius 3 is 2.45 bits per heavy atom. The maximum Gasteiger partial charge on any atom is 0.269 e. The Hall–Kier alpha value is -3.02. The molecule has 0 radical (unpaired) electrons. The zero-order chi connectivity index (χ0) is 22.9. The SMILES string of the molecule is CC(O)(C(F)F)C(NC(=O)c1ccc(C#CC#CCN2CCOCC2)cc1)C(=O)NO. The van der Waals surface area contributed by atoms with E-state index in [0.29, 0.717) is 32.2 Å². The third kappa shape index (κ3) is 7.02. The van der Waals surface area contributed by atoms with Crippen molar-refractivity contribution in [3.63, 3.8) is 0 Å². The Bertz CT molecular complexity index is 892. The molecule has 2 rings (SSSR count). The summed E-state index contributed by atoms with van der Waals surface area (Å²) < 4.78 is 31.3. The van der Waals surface area contributed by atoms with Crippen molar-refractivity contribution in [2.24, 2.45) is 0 Å². The highest BCUT2D eigenvalue weighted by Crippen LogP contribution is 2.20. The lowest BCUT2D eigenvalue weighted by Crippen LogP contribution is -2.61. The number of carbonyl (C=O) groups is 2. The van der Waals surface area contributed by atoms with Gasteiger partial charge in [-0.25, -0.2) is 14.3 Å². The van der Waals surface area contributed by atoms with Crippen LogP contribution in [0.25, 0.3) is 0 Å². The van der Waals surface area contributed by atoms with Crippen LogP contribution in [-0.4, -0.2) is 77.9 Å². The molecule has 1 fully saturated rings. The quantitative estimate of drug-likeness (QED) is 0.284. The number of nitrogens with one attached hydrogen (secondary N) is 2. The number of hydrogen-bond donors (Lipinski definition) is 4. The van der Waals surface area contributed by atoms with Crippen LogP contribution in [-0.2, 0) is 9.53 Å². The smallest absolute Gasteiger partial charge is 0.269 e. The number of carbonyl (C=O) groups excluding carboxylic acids is 2. The first-order valence-corrected chi connectivity index (χ1v) is 9.40. The van der Waals surface area contributed by atoms with Crippen molar-refractivity contribution in [3.05, 3.63) is 35.4 Å². The molecule has 4 N–H and O–H groups in total. The fraction of sp³-hybridized carbons (Fsp3) is 0.429. The number of nitrogens with zero attached hydrogens (tertiary/aromatic N) is 1. The van der Waals surface area contributed by atoms with Crippen LogP contribution in [0.3, 0.4) is 0 Å². The summed E-state index contributed by atoms with van der Waals surface area (Å²) >= 11 is 0. The normalized spacial score (nSPS) is 16.7. The number of ether oxygens (including phenoxy) is 1. The van der Waals surface area contributed by atoms with E-state index in [9.17, 15) is 23.5 Å². The van der Waals surface area contributed by atoms with Crippen LogP contribution >= 0.6 is 0 Å². The molecule has 2 amide bonds. The van der Waals surface area contributed by atoms with Gasteiger partial charge in [0.25, 0.3) is 18.2 Å². The van der Waals surface area contributed by atoms with Crippen molar-refractivity contribution in [1.29, 1.82) is 0 Å². The van der Waals surface area contributed by atoms with Crippen LogP contribution in [0.1, 0.15) is 22.8 Å². The van der Waals surface area contributed by atoms with Gasteiger partial charge in [-0.3, -0.25) is 19.7 Å². The van der Waals surface area contributed by atoms with E-state index in [2.05, 4.69) is 28.6 Å². The molecule has 0 saturated carbocycles. The lowest BCUT2D eigenvalue weighted by atomic mass is 9.95. The largest absolute Gasteiger partial charge is 0.381 e.